The zero-order chi connectivity index (χ0) is 32.5. The highest BCUT2D eigenvalue weighted by atomic mass is 19.4. The van der Waals surface area contributed by atoms with E-state index in [2.05, 4.69) is 25.7 Å². The summed E-state index contributed by atoms with van der Waals surface area (Å²) in [6, 6.07) is 14.6. The Morgan fingerprint density at radius 3 is 2.16 bits per heavy atom. The molecule has 1 aliphatic rings. The molecule has 9 heteroatoms. The van der Waals surface area contributed by atoms with Crippen molar-refractivity contribution in [3.8, 4) is 17.2 Å². The molecule has 3 aromatic carbocycles. The molecule has 1 aliphatic heterocycles. The number of carbonyl (C=O) groups is 1. The van der Waals surface area contributed by atoms with Crippen molar-refractivity contribution in [3.63, 3.8) is 0 Å². The molecule has 0 atom stereocenters. The zero-order valence-electron chi connectivity index (χ0n) is 26.3. The van der Waals surface area contributed by atoms with Crippen LogP contribution in [-0.4, -0.2) is 24.0 Å². The van der Waals surface area contributed by atoms with Gasteiger partial charge >= 0.3 is 12.1 Å². The summed E-state index contributed by atoms with van der Waals surface area (Å²) in [5, 5.41) is -0.0963. The summed E-state index contributed by atoms with van der Waals surface area (Å²) in [6.45, 7) is 11.4. The number of hydrogen-bond acceptors (Lipinski definition) is 6. The lowest BCUT2D eigenvalue weighted by Gasteiger charge is -2.23. The first-order chi connectivity index (χ1) is 21.2. The van der Waals surface area contributed by atoms with Gasteiger partial charge in [-0.1, -0.05) is 51.8 Å². The molecule has 0 N–H and O–H groups in total. The Morgan fingerprint density at radius 1 is 0.889 bits per heavy atom. The zero-order valence-corrected chi connectivity index (χ0v) is 26.3. The van der Waals surface area contributed by atoms with Crippen LogP contribution < -0.4 is 14.9 Å². The van der Waals surface area contributed by atoms with Crippen LogP contribution in [0.2, 0.25) is 0 Å². The van der Waals surface area contributed by atoms with E-state index in [1.54, 1.807) is 31.2 Å². The third-order valence-electron chi connectivity index (χ3n) is 8.30. The molecular weight excluding hydrogens is 583 g/mol. The fraction of sp³-hybridized carbons (Fsp3) is 0.389. The lowest BCUT2D eigenvalue weighted by molar-refractivity contribution is -0.154. The molecule has 0 aliphatic carbocycles. The van der Waals surface area contributed by atoms with Gasteiger partial charge in [0.1, 0.15) is 17.1 Å². The first kappa shape index (κ1) is 32.3. The quantitative estimate of drug-likeness (QED) is 0.158. The Labute approximate surface area is 260 Å². The van der Waals surface area contributed by atoms with Crippen LogP contribution in [0.15, 0.2) is 63.8 Å². The number of benzene rings is 3. The molecular formula is C36H38F3NO5. The molecule has 5 rings (SSSR count). The Balaban J connectivity index is 1.63. The van der Waals surface area contributed by atoms with Gasteiger partial charge in [0.05, 0.1) is 16.5 Å². The number of fused-ring (bicyclic) bond motifs is 1. The molecule has 0 spiro atoms. The van der Waals surface area contributed by atoms with Crippen LogP contribution in [0, 0.1) is 13.8 Å². The second-order valence-electron chi connectivity index (χ2n) is 12.8. The van der Waals surface area contributed by atoms with Crippen LogP contribution in [-0.2, 0) is 18.1 Å². The van der Waals surface area contributed by atoms with Crippen molar-refractivity contribution >= 4 is 16.9 Å². The molecule has 4 aromatic rings. The highest BCUT2D eigenvalue weighted by Gasteiger charge is 2.41. The second kappa shape index (κ2) is 12.7. The largest absolute Gasteiger partial charge is 0.453 e. The summed E-state index contributed by atoms with van der Waals surface area (Å²) in [6.07, 6.45) is -1.10. The summed E-state index contributed by atoms with van der Waals surface area (Å²) >= 11 is 0. The number of hydrogen-bond donors (Lipinski definition) is 0. The summed E-state index contributed by atoms with van der Waals surface area (Å²) in [7, 11) is 0. The highest BCUT2D eigenvalue weighted by molar-refractivity contribution is 5.92. The number of esters is 1. The molecule has 2 heterocycles. The lowest BCUT2D eigenvalue weighted by atomic mass is 9.87. The Hall–Kier alpha value is -4.11. The number of nitrogens with zero attached hydrogens (tertiary/aromatic N) is 1. The van der Waals surface area contributed by atoms with Gasteiger partial charge in [-0.2, -0.15) is 13.2 Å². The standard InChI is InChI=1S/C36H38F3NO5/c1-22-10-15-26(20-23(22)2)43-32-30(41)27-16-17-29(44-34(42)24-11-13-25(14-12-24)35(3,4)5)28(21-40-18-8-6-7-9-19-40)31(27)45-33(32)36(37,38)39/h10-17,20H,6-9,18-19,21H2,1-5H3. The van der Waals surface area contributed by atoms with Crippen LogP contribution in [0.4, 0.5) is 13.2 Å². The monoisotopic (exact) mass is 621 g/mol. The summed E-state index contributed by atoms with van der Waals surface area (Å²) in [5.41, 5.74) is 1.89. The van der Waals surface area contributed by atoms with Crippen LogP contribution in [0.1, 0.15) is 84.8 Å². The third kappa shape index (κ3) is 7.25. The van der Waals surface area contributed by atoms with E-state index in [4.69, 9.17) is 13.9 Å². The number of likely N-dealkylation sites (tertiary alicyclic amines) is 1. The molecule has 1 fully saturated rings. The number of rotatable bonds is 6. The maximum Gasteiger partial charge on any atom is 0.453 e. The van der Waals surface area contributed by atoms with Gasteiger partial charge in [-0.15, -0.1) is 0 Å². The molecule has 0 saturated carbocycles. The molecule has 6 nitrogen and oxygen atoms in total. The van der Waals surface area contributed by atoms with Crippen LogP contribution >= 0.6 is 0 Å². The normalized spacial score (nSPS) is 14.8. The topological polar surface area (TPSA) is 69.0 Å². The minimum Gasteiger partial charge on any atom is -0.449 e. The van der Waals surface area contributed by atoms with Crippen molar-refractivity contribution < 1.29 is 31.9 Å². The summed E-state index contributed by atoms with van der Waals surface area (Å²) in [4.78, 5) is 29.1. The van der Waals surface area contributed by atoms with Gasteiger partial charge < -0.3 is 13.9 Å². The van der Waals surface area contributed by atoms with Crippen LogP contribution in [0.3, 0.4) is 0 Å². The summed E-state index contributed by atoms with van der Waals surface area (Å²) < 4.78 is 60.4. The van der Waals surface area contributed by atoms with Gasteiger partial charge in [0, 0.05) is 6.54 Å². The summed E-state index contributed by atoms with van der Waals surface area (Å²) in [5.74, 6) is -3.03. The van der Waals surface area contributed by atoms with E-state index in [-0.39, 0.29) is 40.0 Å². The molecule has 1 aromatic heterocycles. The van der Waals surface area contributed by atoms with Crippen LogP contribution in [0.25, 0.3) is 11.0 Å². The molecule has 0 bridgehead atoms. The van der Waals surface area contributed by atoms with E-state index >= 15 is 0 Å². The molecule has 238 valence electrons. The van der Waals surface area contributed by atoms with Gasteiger partial charge in [-0.05, 0) is 98.3 Å². The van der Waals surface area contributed by atoms with E-state index in [1.165, 1.54) is 18.2 Å². The number of aryl methyl sites for hydroxylation is 2. The maximum absolute atomic E-state index is 14.5. The average molecular weight is 622 g/mol. The molecule has 0 amide bonds. The van der Waals surface area contributed by atoms with Crippen molar-refractivity contribution in [1.29, 1.82) is 0 Å². The van der Waals surface area contributed by atoms with E-state index in [1.807, 2.05) is 19.1 Å². The van der Waals surface area contributed by atoms with E-state index in [9.17, 15) is 22.8 Å². The first-order valence-corrected chi connectivity index (χ1v) is 15.2. The van der Waals surface area contributed by atoms with Crippen molar-refractivity contribution in [1.82, 2.24) is 4.90 Å². The van der Waals surface area contributed by atoms with Gasteiger partial charge in [-0.3, -0.25) is 9.69 Å². The Kier molecular flexibility index (Phi) is 9.12. The fourth-order valence-corrected chi connectivity index (χ4v) is 5.48. The molecule has 1 saturated heterocycles. The predicted molar refractivity (Wildman–Crippen MR) is 167 cm³/mol. The minimum atomic E-state index is -5.04. The number of halogens is 3. The average Bonchev–Trinajstić information content (AvgIpc) is 3.25. The number of alkyl halides is 3. The van der Waals surface area contributed by atoms with E-state index < -0.39 is 29.1 Å². The van der Waals surface area contributed by atoms with Crippen molar-refractivity contribution in [3.05, 3.63) is 98.4 Å². The first-order valence-electron chi connectivity index (χ1n) is 15.2. The van der Waals surface area contributed by atoms with Gasteiger partial charge in [0.25, 0.3) is 5.76 Å². The number of ether oxygens (including phenoxy) is 2. The predicted octanol–water partition coefficient (Wildman–Crippen LogP) is 9.11. The van der Waals surface area contributed by atoms with Gasteiger partial charge in [0.15, 0.2) is 0 Å². The van der Waals surface area contributed by atoms with Crippen LogP contribution in [0.5, 0.6) is 17.2 Å². The maximum atomic E-state index is 14.5. The SMILES string of the molecule is Cc1ccc(Oc2c(C(F)(F)F)oc3c(CN4CCCCCC4)c(OC(=O)c4ccc(C(C)(C)C)cc4)ccc3c2=O)cc1C. The third-order valence-corrected chi connectivity index (χ3v) is 8.30. The lowest BCUT2D eigenvalue weighted by Crippen LogP contribution is -2.25. The number of carbonyl (C=O) groups excluding carboxylic acids is 1. The highest BCUT2D eigenvalue weighted by Crippen LogP contribution is 2.41. The second-order valence-corrected chi connectivity index (χ2v) is 12.8. The fourth-order valence-electron chi connectivity index (χ4n) is 5.48. The molecule has 0 radical (unpaired) electrons. The van der Waals surface area contributed by atoms with Gasteiger partial charge in [-0.25, -0.2) is 4.79 Å². The van der Waals surface area contributed by atoms with E-state index in [0.29, 0.717) is 18.7 Å². The Bertz CT molecular complexity index is 1760. The smallest absolute Gasteiger partial charge is 0.449 e. The minimum absolute atomic E-state index is 0.0377. The van der Waals surface area contributed by atoms with Crippen molar-refractivity contribution in [2.45, 2.75) is 78.4 Å². The van der Waals surface area contributed by atoms with Crippen molar-refractivity contribution in [2.75, 3.05) is 13.1 Å². The molecule has 0 unspecified atom stereocenters. The molecule has 45 heavy (non-hydrogen) atoms. The van der Waals surface area contributed by atoms with Crippen molar-refractivity contribution in [2.24, 2.45) is 0 Å². The van der Waals surface area contributed by atoms with Gasteiger partial charge in [0.2, 0.25) is 11.2 Å². The van der Waals surface area contributed by atoms with E-state index in [0.717, 1.165) is 42.4 Å². The Morgan fingerprint density at radius 2 is 1.56 bits per heavy atom.